The summed E-state index contributed by atoms with van der Waals surface area (Å²) in [4.78, 5) is 4.40. The van der Waals surface area contributed by atoms with Crippen LogP contribution in [-0.2, 0) is 4.84 Å². The average Bonchev–Trinajstić information content (AvgIpc) is 1.38. The predicted octanol–water partition coefficient (Wildman–Crippen LogP) is -0.535. The fourth-order valence-electron chi connectivity index (χ4n) is 0. The second-order valence-electron chi connectivity index (χ2n) is 0.508. The molecule has 0 aliphatic carbocycles. The summed E-state index contributed by atoms with van der Waals surface area (Å²) in [6.07, 6.45) is 0. The van der Waals surface area contributed by atoms with Gasteiger partial charge in [-0.1, -0.05) is 0 Å². The minimum Gasteiger partial charge on any atom is -0.228 e. The lowest BCUT2D eigenvalue weighted by Crippen LogP contribution is -2.12. The molecule has 0 aromatic heterocycles. The van der Waals surface area contributed by atoms with Gasteiger partial charge in [-0.15, -0.1) is 5.84 Å². The van der Waals surface area contributed by atoms with E-state index in [1.54, 1.807) is 0 Å². The van der Waals surface area contributed by atoms with Crippen molar-refractivity contribution in [3.8, 4) is 0 Å². The normalized spacial score (nSPS) is 6.60. The number of nitrogens with two attached hydrogens (primary N) is 1. The summed E-state index contributed by atoms with van der Waals surface area (Å²) >= 11 is 0. The molecule has 4 heteroatoms. The van der Waals surface area contributed by atoms with Crippen LogP contribution in [-0.4, -0.2) is 12.1 Å². The standard InChI is InChI=1S/CH6N3O/c1-5-4(2)3/h1H3,(H3,2,3)/q+1. The third-order valence-corrected chi connectivity index (χ3v) is 0.197. The molecule has 0 atom stereocenters. The van der Waals surface area contributed by atoms with Crippen LogP contribution in [0.5, 0.6) is 0 Å². The van der Waals surface area contributed by atoms with Crippen LogP contribution in [0.1, 0.15) is 0 Å². The van der Waals surface area contributed by atoms with Gasteiger partial charge in [0.1, 0.15) is 0 Å². The van der Waals surface area contributed by atoms with Crippen LogP contribution >= 0.6 is 0 Å². The maximum atomic E-state index is 6.22. The van der Waals surface area contributed by atoms with Crippen LogP contribution in [0.3, 0.4) is 0 Å². The van der Waals surface area contributed by atoms with Gasteiger partial charge >= 0.3 is 0 Å². The van der Waals surface area contributed by atoms with Gasteiger partial charge in [0.25, 0.3) is 0 Å². The summed E-state index contributed by atoms with van der Waals surface area (Å²) in [5, 5.41) is 0. The van der Waals surface area contributed by atoms with E-state index in [1.165, 1.54) is 7.11 Å². The summed E-state index contributed by atoms with van der Waals surface area (Å²) in [5.74, 6) is 4.57. The molecule has 0 spiro atoms. The molecule has 0 aromatic carbocycles. The Hall–Kier alpha value is -0.800. The van der Waals surface area contributed by atoms with Crippen LogP contribution < -0.4 is 5.84 Å². The highest BCUT2D eigenvalue weighted by Gasteiger charge is 1.76. The van der Waals surface area contributed by atoms with E-state index in [-0.39, 0.29) is 0 Å². The van der Waals surface area contributed by atoms with E-state index in [0.717, 1.165) is 0 Å². The summed E-state index contributed by atoms with van der Waals surface area (Å²) < 4.78 is 0. The van der Waals surface area contributed by atoms with E-state index in [1.807, 2.05) is 0 Å². The van der Waals surface area contributed by atoms with E-state index in [4.69, 9.17) is 5.53 Å². The number of hydrogen-bond acceptors (Lipinski definition) is 2. The molecule has 5 heavy (non-hydrogen) atoms. The van der Waals surface area contributed by atoms with Crippen molar-refractivity contribution < 1.29 is 9.81 Å². The fraction of sp³-hybridized carbons (Fsp3) is 1.00. The Morgan fingerprint density at radius 2 is 2.20 bits per heavy atom. The SMILES string of the molecule is CO[N+](=N)N. The van der Waals surface area contributed by atoms with Crippen molar-refractivity contribution >= 4 is 0 Å². The maximum Gasteiger partial charge on any atom is 0.214 e. The number of hydrogen-bond donors (Lipinski definition) is 2. The van der Waals surface area contributed by atoms with Gasteiger partial charge in [-0.25, -0.2) is 4.84 Å². The summed E-state index contributed by atoms with van der Waals surface area (Å²) in [5.41, 5.74) is 6.22. The van der Waals surface area contributed by atoms with Gasteiger partial charge in [0.15, 0.2) is 7.11 Å². The number of rotatable bonds is 1. The summed E-state index contributed by atoms with van der Waals surface area (Å²) in [7, 11) is 1.31. The van der Waals surface area contributed by atoms with Crippen molar-refractivity contribution in [3.05, 3.63) is 0 Å². The maximum absolute atomic E-state index is 6.22. The van der Waals surface area contributed by atoms with Gasteiger partial charge in [-0.2, -0.15) is 0 Å². The molecule has 0 aliphatic rings. The zero-order chi connectivity index (χ0) is 4.28. The Kier molecular flexibility index (Phi) is 1.27. The van der Waals surface area contributed by atoms with Gasteiger partial charge in [0, 0.05) is 5.53 Å². The molecule has 0 saturated heterocycles. The lowest BCUT2D eigenvalue weighted by atomic mass is 11.7. The Bertz CT molecular complexity index is 42.2. The van der Waals surface area contributed by atoms with Gasteiger partial charge < -0.3 is 0 Å². The summed E-state index contributed by atoms with van der Waals surface area (Å²) in [6.45, 7) is 0. The largest absolute Gasteiger partial charge is 0.228 e. The van der Waals surface area contributed by atoms with E-state index in [9.17, 15) is 0 Å². The molecule has 0 unspecified atom stereocenters. The molecule has 0 bridgehead atoms. The zero-order valence-electron chi connectivity index (χ0n) is 2.93. The Morgan fingerprint density at radius 3 is 2.20 bits per heavy atom. The average molecular weight is 76.1 g/mol. The highest BCUT2D eigenvalue weighted by molar-refractivity contribution is 3.34. The van der Waals surface area contributed by atoms with Crippen molar-refractivity contribution in [3.63, 3.8) is 0 Å². The molecular formula is CH6N3O+. The van der Waals surface area contributed by atoms with Crippen molar-refractivity contribution in [2.45, 2.75) is 0 Å². The quantitative estimate of drug-likeness (QED) is 0.191. The van der Waals surface area contributed by atoms with Crippen molar-refractivity contribution in [2.24, 2.45) is 5.84 Å². The van der Waals surface area contributed by atoms with Gasteiger partial charge in [0.05, 0.1) is 0 Å². The van der Waals surface area contributed by atoms with Crippen LogP contribution in [0.15, 0.2) is 0 Å². The molecular weight excluding hydrogens is 70.0 g/mol. The van der Waals surface area contributed by atoms with E-state index in [0.29, 0.717) is 4.97 Å². The molecule has 4 nitrogen and oxygen atoms in total. The van der Waals surface area contributed by atoms with Crippen molar-refractivity contribution in [2.75, 3.05) is 7.11 Å². The van der Waals surface area contributed by atoms with E-state index in [2.05, 4.69) is 10.7 Å². The Morgan fingerprint density at radius 1 is 2.00 bits per heavy atom. The van der Waals surface area contributed by atoms with Crippen LogP contribution in [0.4, 0.5) is 0 Å². The highest BCUT2D eigenvalue weighted by Crippen LogP contribution is 1.48. The third-order valence-electron chi connectivity index (χ3n) is 0.197. The number of nitrogens with zero attached hydrogens (tertiary/aromatic N) is 1. The van der Waals surface area contributed by atoms with Crippen LogP contribution in [0, 0.1) is 5.53 Å². The van der Waals surface area contributed by atoms with Crippen LogP contribution in [0.25, 0.3) is 0 Å². The molecule has 30 valence electrons. The van der Waals surface area contributed by atoms with E-state index >= 15 is 0 Å². The first-order valence-electron chi connectivity index (χ1n) is 1.07. The Balaban J connectivity index is 2.85. The second kappa shape index (κ2) is 1.51. The third kappa shape index (κ3) is 3.20. The molecule has 3 N–H and O–H groups in total. The fourth-order valence-corrected chi connectivity index (χ4v) is 0. The molecule has 0 fully saturated rings. The van der Waals surface area contributed by atoms with Crippen molar-refractivity contribution in [1.29, 1.82) is 5.53 Å². The molecule has 0 heterocycles. The number of hydrazine groups is 1. The van der Waals surface area contributed by atoms with Gasteiger partial charge in [-0.05, 0) is 0 Å². The lowest BCUT2D eigenvalue weighted by molar-refractivity contribution is -0.853. The molecule has 0 amide bonds. The highest BCUT2D eigenvalue weighted by atomic mass is 16.7. The molecule has 0 rings (SSSR count). The topological polar surface area (TPSA) is 62.1 Å². The molecule has 0 saturated carbocycles. The summed E-state index contributed by atoms with van der Waals surface area (Å²) in [6, 6.07) is 0. The molecule has 0 aliphatic heterocycles. The first-order valence-corrected chi connectivity index (χ1v) is 1.07. The Labute approximate surface area is 29.6 Å². The first kappa shape index (κ1) is 4.20. The first-order chi connectivity index (χ1) is 2.27. The second-order valence-corrected chi connectivity index (χ2v) is 0.508. The molecule has 0 aromatic rings. The predicted molar refractivity (Wildman–Crippen MR) is 14.2 cm³/mol. The van der Waals surface area contributed by atoms with Gasteiger partial charge in [-0.3, -0.25) is 0 Å². The van der Waals surface area contributed by atoms with E-state index < -0.39 is 0 Å². The minimum atomic E-state index is 0.375. The van der Waals surface area contributed by atoms with Crippen LogP contribution in [0.2, 0.25) is 0 Å². The monoisotopic (exact) mass is 76.1 g/mol. The lowest BCUT2D eigenvalue weighted by Gasteiger charge is -1.73. The smallest absolute Gasteiger partial charge is 0.214 e. The zero-order valence-corrected chi connectivity index (χ0v) is 2.93. The van der Waals surface area contributed by atoms with Gasteiger partial charge in [0.2, 0.25) is 4.97 Å². The molecule has 0 radical (unpaired) electrons. The van der Waals surface area contributed by atoms with Crippen molar-refractivity contribution in [1.82, 2.24) is 0 Å². The number of nitrogens with one attached hydrogen (secondary N) is 1. The minimum absolute atomic E-state index is 0.375.